The summed E-state index contributed by atoms with van der Waals surface area (Å²) >= 11 is 0. The monoisotopic (exact) mass is 364 g/mol. The van der Waals surface area contributed by atoms with Crippen molar-refractivity contribution in [3.63, 3.8) is 0 Å². The van der Waals surface area contributed by atoms with Crippen molar-refractivity contribution in [3.05, 3.63) is 57.6 Å². The molecule has 1 aliphatic heterocycles. The molecule has 1 aliphatic rings. The van der Waals surface area contributed by atoms with Crippen molar-refractivity contribution in [2.24, 2.45) is 0 Å². The number of fused-ring (bicyclic) bond motifs is 1. The SMILES string of the molecule is Cc1c([N+](=O)[O-])cccc1S(=O)(=O)NCc1ccc2c(c1)OCCO2. The van der Waals surface area contributed by atoms with Crippen LogP contribution in [0.4, 0.5) is 5.69 Å². The second-order valence-electron chi connectivity index (χ2n) is 5.46. The lowest BCUT2D eigenvalue weighted by Crippen LogP contribution is -2.24. The molecule has 132 valence electrons. The van der Waals surface area contributed by atoms with Crippen LogP contribution in [0.25, 0.3) is 0 Å². The van der Waals surface area contributed by atoms with Crippen LogP contribution in [0, 0.1) is 17.0 Å². The lowest BCUT2D eigenvalue weighted by Gasteiger charge is -2.19. The van der Waals surface area contributed by atoms with Gasteiger partial charge in [-0.2, -0.15) is 0 Å². The Balaban J connectivity index is 1.81. The Morgan fingerprint density at radius 3 is 2.60 bits per heavy atom. The molecular weight excluding hydrogens is 348 g/mol. The third kappa shape index (κ3) is 3.57. The number of nitro groups is 1. The van der Waals surface area contributed by atoms with E-state index < -0.39 is 14.9 Å². The van der Waals surface area contributed by atoms with Crippen LogP contribution in [0.1, 0.15) is 11.1 Å². The predicted molar refractivity (Wildman–Crippen MR) is 89.3 cm³/mol. The topological polar surface area (TPSA) is 108 Å². The largest absolute Gasteiger partial charge is 0.486 e. The van der Waals surface area contributed by atoms with E-state index in [1.807, 2.05) is 0 Å². The quantitative estimate of drug-likeness (QED) is 0.643. The average Bonchev–Trinajstić information content (AvgIpc) is 2.59. The minimum absolute atomic E-state index is 0.0289. The van der Waals surface area contributed by atoms with Gasteiger partial charge in [0, 0.05) is 18.2 Å². The molecule has 3 rings (SSSR count). The summed E-state index contributed by atoms with van der Waals surface area (Å²) in [6.07, 6.45) is 0. The van der Waals surface area contributed by atoms with Crippen LogP contribution in [0.3, 0.4) is 0 Å². The fourth-order valence-electron chi connectivity index (χ4n) is 2.55. The molecule has 0 fully saturated rings. The smallest absolute Gasteiger partial charge is 0.273 e. The van der Waals surface area contributed by atoms with Gasteiger partial charge in [0.15, 0.2) is 11.5 Å². The number of sulfonamides is 1. The molecule has 8 nitrogen and oxygen atoms in total. The number of nitrogens with zero attached hydrogens (tertiary/aromatic N) is 1. The Labute approximate surface area is 144 Å². The molecule has 9 heteroatoms. The van der Waals surface area contributed by atoms with Crippen LogP contribution in [0.2, 0.25) is 0 Å². The van der Waals surface area contributed by atoms with E-state index in [1.165, 1.54) is 25.1 Å². The van der Waals surface area contributed by atoms with Crippen LogP contribution in [-0.4, -0.2) is 26.6 Å². The third-order valence-corrected chi connectivity index (χ3v) is 5.36. The zero-order chi connectivity index (χ0) is 18.0. The first kappa shape index (κ1) is 17.2. The molecule has 0 saturated carbocycles. The first-order valence-corrected chi connectivity index (χ1v) is 8.99. The van der Waals surface area contributed by atoms with E-state index in [1.54, 1.807) is 18.2 Å². The van der Waals surface area contributed by atoms with Gasteiger partial charge in [0.1, 0.15) is 13.2 Å². The van der Waals surface area contributed by atoms with Crippen molar-refractivity contribution >= 4 is 15.7 Å². The second kappa shape index (κ2) is 6.69. The molecule has 0 aromatic heterocycles. The van der Waals surface area contributed by atoms with E-state index in [0.29, 0.717) is 30.3 Å². The normalized spacial score (nSPS) is 13.5. The molecule has 0 amide bonds. The molecule has 1 N–H and O–H groups in total. The first-order valence-electron chi connectivity index (χ1n) is 7.51. The van der Waals surface area contributed by atoms with Crippen molar-refractivity contribution in [3.8, 4) is 11.5 Å². The minimum Gasteiger partial charge on any atom is -0.486 e. The molecule has 0 saturated heterocycles. The summed E-state index contributed by atoms with van der Waals surface area (Å²) in [5, 5.41) is 11.0. The highest BCUT2D eigenvalue weighted by Gasteiger charge is 2.23. The standard InChI is InChI=1S/C16H16N2O6S/c1-11-13(18(19)20)3-2-4-16(11)25(21,22)17-10-12-5-6-14-15(9-12)24-8-7-23-14/h2-6,9,17H,7-8,10H2,1H3. The molecule has 25 heavy (non-hydrogen) atoms. The third-order valence-electron chi connectivity index (χ3n) is 3.81. The Hall–Kier alpha value is -2.65. The number of nitro benzene ring substituents is 1. The molecule has 2 aromatic carbocycles. The van der Waals surface area contributed by atoms with Gasteiger partial charge in [-0.15, -0.1) is 0 Å². The van der Waals surface area contributed by atoms with Crippen LogP contribution in [0.15, 0.2) is 41.3 Å². The predicted octanol–water partition coefficient (Wildman–Crippen LogP) is 2.15. The summed E-state index contributed by atoms with van der Waals surface area (Å²) < 4.78 is 38.3. The van der Waals surface area contributed by atoms with Crippen molar-refractivity contribution in [2.75, 3.05) is 13.2 Å². The molecule has 1 heterocycles. The van der Waals surface area contributed by atoms with E-state index in [4.69, 9.17) is 9.47 Å². The summed E-state index contributed by atoms with van der Waals surface area (Å²) in [5.74, 6) is 1.18. The molecule has 0 spiro atoms. The fraction of sp³-hybridized carbons (Fsp3) is 0.250. The van der Waals surface area contributed by atoms with E-state index >= 15 is 0 Å². The van der Waals surface area contributed by atoms with Crippen LogP contribution < -0.4 is 14.2 Å². The van der Waals surface area contributed by atoms with Gasteiger partial charge in [-0.05, 0) is 30.7 Å². The van der Waals surface area contributed by atoms with Crippen LogP contribution in [-0.2, 0) is 16.6 Å². The maximum Gasteiger partial charge on any atom is 0.273 e. The van der Waals surface area contributed by atoms with Crippen LogP contribution in [0.5, 0.6) is 11.5 Å². The van der Waals surface area contributed by atoms with Crippen molar-refractivity contribution in [2.45, 2.75) is 18.4 Å². The molecule has 0 bridgehead atoms. The lowest BCUT2D eigenvalue weighted by atomic mass is 10.2. The highest BCUT2D eigenvalue weighted by Crippen LogP contribution is 2.31. The number of nitrogens with one attached hydrogen (secondary N) is 1. The van der Waals surface area contributed by atoms with E-state index in [2.05, 4.69) is 4.72 Å². The van der Waals surface area contributed by atoms with Gasteiger partial charge in [0.2, 0.25) is 10.0 Å². The maximum atomic E-state index is 12.5. The van der Waals surface area contributed by atoms with Gasteiger partial charge in [-0.3, -0.25) is 10.1 Å². The maximum absolute atomic E-state index is 12.5. The zero-order valence-corrected chi connectivity index (χ0v) is 14.2. The minimum atomic E-state index is -3.89. The second-order valence-corrected chi connectivity index (χ2v) is 7.20. The molecular formula is C16H16N2O6S. The van der Waals surface area contributed by atoms with Gasteiger partial charge in [0.05, 0.1) is 9.82 Å². The first-order chi connectivity index (χ1) is 11.9. The Kier molecular flexibility index (Phi) is 4.60. The highest BCUT2D eigenvalue weighted by molar-refractivity contribution is 7.89. The molecule has 0 aliphatic carbocycles. The number of hydrogen-bond acceptors (Lipinski definition) is 6. The van der Waals surface area contributed by atoms with Crippen molar-refractivity contribution in [1.82, 2.24) is 4.72 Å². The number of rotatable bonds is 5. The zero-order valence-electron chi connectivity index (χ0n) is 13.4. The molecule has 2 aromatic rings. The Morgan fingerprint density at radius 1 is 1.16 bits per heavy atom. The number of benzene rings is 2. The van der Waals surface area contributed by atoms with Gasteiger partial charge in [-0.25, -0.2) is 13.1 Å². The van der Waals surface area contributed by atoms with Crippen LogP contribution >= 0.6 is 0 Å². The van der Waals surface area contributed by atoms with E-state index in [0.717, 1.165) is 0 Å². The van der Waals surface area contributed by atoms with Gasteiger partial charge in [-0.1, -0.05) is 12.1 Å². The average molecular weight is 364 g/mol. The van der Waals surface area contributed by atoms with Crippen molar-refractivity contribution in [1.29, 1.82) is 0 Å². The Bertz CT molecular complexity index is 926. The summed E-state index contributed by atoms with van der Waals surface area (Å²) in [7, 11) is -3.89. The number of ether oxygens (including phenoxy) is 2. The van der Waals surface area contributed by atoms with Gasteiger partial charge < -0.3 is 9.47 Å². The summed E-state index contributed by atoms with van der Waals surface area (Å²) in [4.78, 5) is 10.3. The Morgan fingerprint density at radius 2 is 1.88 bits per heavy atom. The summed E-state index contributed by atoms with van der Waals surface area (Å²) in [5.41, 5.74) is 0.556. The molecule has 0 atom stereocenters. The van der Waals surface area contributed by atoms with Crippen molar-refractivity contribution < 1.29 is 22.8 Å². The molecule has 0 unspecified atom stereocenters. The highest BCUT2D eigenvalue weighted by atomic mass is 32.2. The van der Waals surface area contributed by atoms with E-state index in [9.17, 15) is 18.5 Å². The summed E-state index contributed by atoms with van der Waals surface area (Å²) in [6.45, 7) is 2.36. The van der Waals surface area contributed by atoms with Gasteiger partial charge >= 0.3 is 0 Å². The van der Waals surface area contributed by atoms with E-state index in [-0.39, 0.29) is 22.7 Å². The molecule has 0 radical (unpaired) electrons. The number of hydrogen-bond donors (Lipinski definition) is 1. The lowest BCUT2D eigenvalue weighted by molar-refractivity contribution is -0.385. The fourth-order valence-corrected chi connectivity index (χ4v) is 3.82. The van der Waals surface area contributed by atoms with Gasteiger partial charge in [0.25, 0.3) is 5.69 Å². The summed E-state index contributed by atoms with van der Waals surface area (Å²) in [6, 6.07) is 9.12.